The Morgan fingerprint density at radius 2 is 1.72 bits per heavy atom. The maximum Gasteiger partial charge on any atom is 0.254 e. The Kier molecular flexibility index (Phi) is 5.76. The lowest BCUT2D eigenvalue weighted by Gasteiger charge is -2.15. The second kappa shape index (κ2) is 9.10. The molecule has 1 aliphatic heterocycles. The molecule has 3 aromatic carbocycles. The first-order chi connectivity index (χ1) is 17.5. The van der Waals surface area contributed by atoms with Crippen LogP contribution in [0.5, 0.6) is 11.5 Å². The molecule has 2 aliphatic carbocycles. The Balaban J connectivity index is 1.23. The predicted octanol–water partition coefficient (Wildman–Crippen LogP) is 5.61. The summed E-state index contributed by atoms with van der Waals surface area (Å²) in [5.41, 5.74) is 1.65. The van der Waals surface area contributed by atoms with Gasteiger partial charge < -0.3 is 9.47 Å². The summed E-state index contributed by atoms with van der Waals surface area (Å²) >= 11 is 6.61. The molecule has 1 saturated carbocycles. The summed E-state index contributed by atoms with van der Waals surface area (Å²) in [5.74, 6) is 0.212. The molecule has 4 atom stereocenters. The van der Waals surface area contributed by atoms with Crippen molar-refractivity contribution in [1.82, 2.24) is 5.01 Å². The average molecular weight is 501 g/mol. The smallest absolute Gasteiger partial charge is 0.254 e. The molecule has 0 unspecified atom stereocenters. The van der Waals surface area contributed by atoms with Gasteiger partial charge in [0.15, 0.2) is 11.5 Å². The minimum atomic E-state index is -0.280. The number of hydrogen-bond acceptors (Lipinski definition) is 5. The molecule has 2 fully saturated rings. The number of imide groups is 1. The number of hydrogen-bond donors (Lipinski definition) is 0. The number of nitrogens with zero attached hydrogens (tertiary/aromatic N) is 2. The molecule has 36 heavy (non-hydrogen) atoms. The molecule has 2 bridgehead atoms. The van der Waals surface area contributed by atoms with Gasteiger partial charge in [-0.3, -0.25) is 9.59 Å². The van der Waals surface area contributed by atoms with Gasteiger partial charge in [-0.15, -0.1) is 0 Å². The van der Waals surface area contributed by atoms with Crippen molar-refractivity contribution in [3.63, 3.8) is 0 Å². The molecular weight excluding hydrogens is 476 g/mol. The number of halogens is 1. The van der Waals surface area contributed by atoms with Crippen LogP contribution < -0.4 is 9.47 Å². The maximum absolute atomic E-state index is 12.9. The zero-order chi connectivity index (χ0) is 24.8. The van der Waals surface area contributed by atoms with Crippen LogP contribution in [0.4, 0.5) is 0 Å². The maximum atomic E-state index is 12.9. The highest BCUT2D eigenvalue weighted by Crippen LogP contribution is 2.52. The van der Waals surface area contributed by atoms with E-state index in [2.05, 4.69) is 35.5 Å². The van der Waals surface area contributed by atoms with E-state index in [1.807, 2.05) is 31.2 Å². The summed E-state index contributed by atoms with van der Waals surface area (Å²) in [6, 6.07) is 17.7. The molecule has 6 rings (SSSR count). The van der Waals surface area contributed by atoms with Crippen molar-refractivity contribution in [2.45, 2.75) is 20.0 Å². The number of fused-ring (bicyclic) bond motifs is 6. The molecular formula is C29H25ClN2O4. The molecule has 0 radical (unpaired) electrons. The van der Waals surface area contributed by atoms with Crippen LogP contribution in [0.1, 0.15) is 24.5 Å². The molecule has 7 heteroatoms. The van der Waals surface area contributed by atoms with E-state index < -0.39 is 0 Å². The zero-order valence-electron chi connectivity index (χ0n) is 19.8. The van der Waals surface area contributed by atoms with Crippen molar-refractivity contribution < 1.29 is 19.1 Å². The van der Waals surface area contributed by atoms with Crippen molar-refractivity contribution in [3.8, 4) is 11.5 Å². The topological polar surface area (TPSA) is 68.2 Å². The van der Waals surface area contributed by atoms with Gasteiger partial charge in [0.2, 0.25) is 0 Å². The van der Waals surface area contributed by atoms with Crippen LogP contribution in [0.2, 0.25) is 5.02 Å². The van der Waals surface area contributed by atoms with Crippen molar-refractivity contribution in [3.05, 3.63) is 82.9 Å². The van der Waals surface area contributed by atoms with Crippen LogP contribution in [-0.2, 0) is 16.2 Å². The number of carbonyl (C=O) groups excluding carboxylic acids is 2. The van der Waals surface area contributed by atoms with Gasteiger partial charge in [-0.2, -0.15) is 10.1 Å². The van der Waals surface area contributed by atoms with E-state index in [-0.39, 0.29) is 35.5 Å². The fourth-order valence-electron chi connectivity index (χ4n) is 5.76. The van der Waals surface area contributed by atoms with E-state index in [9.17, 15) is 9.59 Å². The van der Waals surface area contributed by atoms with E-state index in [0.29, 0.717) is 35.3 Å². The lowest BCUT2D eigenvalue weighted by Crippen LogP contribution is -2.28. The number of ether oxygens (including phenoxy) is 2. The van der Waals surface area contributed by atoms with Crippen molar-refractivity contribution >= 4 is 40.4 Å². The number of allylic oxidation sites excluding steroid dienone is 2. The first-order valence-corrected chi connectivity index (χ1v) is 12.6. The highest BCUT2D eigenvalue weighted by Gasteiger charge is 2.59. The van der Waals surface area contributed by atoms with E-state index in [4.69, 9.17) is 21.1 Å². The lowest BCUT2D eigenvalue weighted by atomic mass is 9.85. The third-order valence-electron chi connectivity index (χ3n) is 7.35. The highest BCUT2D eigenvalue weighted by atomic mass is 35.5. The largest absolute Gasteiger partial charge is 0.490 e. The minimum absolute atomic E-state index is 0.147. The van der Waals surface area contributed by atoms with Gasteiger partial charge in [-0.25, -0.2) is 0 Å². The summed E-state index contributed by atoms with van der Waals surface area (Å²) in [7, 11) is 0. The quantitative estimate of drug-likeness (QED) is 0.240. The molecule has 0 N–H and O–H groups in total. The second-order valence-electron chi connectivity index (χ2n) is 9.42. The van der Waals surface area contributed by atoms with Crippen LogP contribution in [0.15, 0.2) is 71.9 Å². The van der Waals surface area contributed by atoms with Crippen molar-refractivity contribution in [1.29, 1.82) is 0 Å². The van der Waals surface area contributed by atoms with E-state index in [0.717, 1.165) is 27.8 Å². The normalized spacial score (nSPS) is 24.3. The highest BCUT2D eigenvalue weighted by molar-refractivity contribution is 6.32. The van der Waals surface area contributed by atoms with Crippen LogP contribution in [0.3, 0.4) is 0 Å². The average Bonchev–Trinajstić information content (AvgIpc) is 3.56. The fourth-order valence-corrected chi connectivity index (χ4v) is 6.03. The summed E-state index contributed by atoms with van der Waals surface area (Å²) in [5, 5.41) is 7.91. The Bertz CT molecular complexity index is 1400. The van der Waals surface area contributed by atoms with Gasteiger partial charge >= 0.3 is 0 Å². The molecule has 1 heterocycles. The fraction of sp³-hybridized carbons (Fsp3) is 0.276. The molecule has 1 saturated heterocycles. The zero-order valence-corrected chi connectivity index (χ0v) is 20.5. The van der Waals surface area contributed by atoms with E-state index in [1.54, 1.807) is 12.1 Å². The lowest BCUT2D eigenvalue weighted by molar-refractivity contribution is -0.140. The molecule has 2 amide bonds. The third kappa shape index (κ3) is 3.77. The van der Waals surface area contributed by atoms with Gasteiger partial charge in [-0.1, -0.05) is 66.2 Å². The van der Waals surface area contributed by atoms with Crippen LogP contribution in [0.25, 0.3) is 10.8 Å². The summed E-state index contributed by atoms with van der Waals surface area (Å²) < 4.78 is 12.0. The van der Waals surface area contributed by atoms with Gasteiger partial charge in [0.1, 0.15) is 6.61 Å². The number of carbonyl (C=O) groups is 2. The van der Waals surface area contributed by atoms with Gasteiger partial charge in [0, 0.05) is 0 Å². The first kappa shape index (κ1) is 22.8. The first-order valence-electron chi connectivity index (χ1n) is 12.2. The predicted molar refractivity (Wildman–Crippen MR) is 138 cm³/mol. The molecule has 3 aromatic rings. The van der Waals surface area contributed by atoms with Crippen molar-refractivity contribution in [2.24, 2.45) is 28.8 Å². The van der Waals surface area contributed by atoms with Gasteiger partial charge in [-0.05, 0) is 59.2 Å². The summed E-state index contributed by atoms with van der Waals surface area (Å²) in [6.07, 6.45) is 6.50. The molecule has 182 valence electrons. The van der Waals surface area contributed by atoms with Crippen molar-refractivity contribution in [2.75, 3.05) is 6.61 Å². The Hall–Kier alpha value is -3.64. The van der Waals surface area contributed by atoms with Crippen LogP contribution in [-0.4, -0.2) is 29.6 Å². The van der Waals surface area contributed by atoms with E-state index in [1.165, 1.54) is 6.21 Å². The molecule has 0 aromatic heterocycles. The van der Waals surface area contributed by atoms with Gasteiger partial charge in [0.25, 0.3) is 11.8 Å². The Morgan fingerprint density at radius 1 is 1.00 bits per heavy atom. The SMILES string of the molecule is CCOc1cc(C=NN2C(=O)[C@@H]3[C@H](C2=O)[C@H]2C=C[C@H]3C2)cc(Cl)c1OCc1cccc2ccccc12. The molecule has 3 aliphatic rings. The molecule has 0 spiro atoms. The molecule has 6 nitrogen and oxygen atoms in total. The number of amides is 2. The standard InChI is InChI=1S/C29H25ClN2O4/c1-2-35-24-13-17(15-31-32-28(33)25-19-10-11-20(14-19)26(25)29(32)34)12-23(30)27(24)36-16-21-8-5-7-18-6-3-4-9-22(18)21/h3-13,15,19-20,25-26H,2,14,16H2,1H3/t19-,20-,25-,26+/m0/s1. The second-order valence-corrected chi connectivity index (χ2v) is 9.83. The summed E-state index contributed by atoms with van der Waals surface area (Å²) in [4.78, 5) is 25.8. The van der Waals surface area contributed by atoms with E-state index >= 15 is 0 Å². The Labute approximate surface area is 214 Å². The minimum Gasteiger partial charge on any atom is -0.490 e. The monoisotopic (exact) mass is 500 g/mol. The number of benzene rings is 3. The number of hydrazone groups is 1. The summed E-state index contributed by atoms with van der Waals surface area (Å²) in [6.45, 7) is 2.63. The Morgan fingerprint density at radius 3 is 2.47 bits per heavy atom. The number of rotatable bonds is 7. The van der Waals surface area contributed by atoms with Crippen LogP contribution >= 0.6 is 11.6 Å². The third-order valence-corrected chi connectivity index (χ3v) is 7.63. The van der Waals surface area contributed by atoms with Gasteiger partial charge in [0.05, 0.1) is 29.7 Å². The van der Waals surface area contributed by atoms with Crippen LogP contribution in [0, 0.1) is 23.7 Å².